The molecule has 90 valence electrons. The van der Waals surface area contributed by atoms with E-state index < -0.39 is 5.60 Å². The number of carbonyl (C=O) groups excluding carboxylic acids is 1. The molecule has 0 fully saturated rings. The van der Waals surface area contributed by atoms with E-state index >= 15 is 0 Å². The van der Waals surface area contributed by atoms with Gasteiger partial charge in [-0.15, -0.1) is 0 Å². The number of nitrogens with one attached hydrogen (secondary N) is 2. The summed E-state index contributed by atoms with van der Waals surface area (Å²) in [5.41, 5.74) is -1.01. The number of furan rings is 1. The Kier molecular flexibility index (Phi) is 4.37. The standard InChI is InChI=1S/C11H18N2O3/c1-3-12-10(14)13-8-11(2,15)7-9-5-4-6-16-9/h4-6,15H,3,7-8H2,1-2H3,(H2,12,13,14). The number of hydrogen-bond donors (Lipinski definition) is 3. The highest BCUT2D eigenvalue weighted by Gasteiger charge is 2.22. The number of carbonyl (C=O) groups is 1. The van der Waals surface area contributed by atoms with Gasteiger partial charge in [0.2, 0.25) is 0 Å². The van der Waals surface area contributed by atoms with E-state index in [0.717, 1.165) is 0 Å². The van der Waals surface area contributed by atoms with Crippen LogP contribution < -0.4 is 10.6 Å². The van der Waals surface area contributed by atoms with Gasteiger partial charge in [0.15, 0.2) is 0 Å². The third-order valence-electron chi connectivity index (χ3n) is 2.10. The average Bonchev–Trinajstić information content (AvgIpc) is 2.67. The Morgan fingerprint density at radius 1 is 1.56 bits per heavy atom. The molecule has 1 aromatic rings. The van der Waals surface area contributed by atoms with Gasteiger partial charge >= 0.3 is 6.03 Å². The van der Waals surface area contributed by atoms with Crippen molar-refractivity contribution in [2.75, 3.05) is 13.1 Å². The van der Waals surface area contributed by atoms with Crippen LogP contribution in [0.3, 0.4) is 0 Å². The summed E-state index contributed by atoms with van der Waals surface area (Å²) < 4.78 is 5.14. The van der Waals surface area contributed by atoms with E-state index in [9.17, 15) is 9.90 Å². The Balaban J connectivity index is 2.36. The van der Waals surface area contributed by atoms with Crippen molar-refractivity contribution in [1.29, 1.82) is 0 Å². The molecule has 0 bridgehead atoms. The van der Waals surface area contributed by atoms with Crippen LogP contribution in [-0.2, 0) is 6.42 Å². The largest absolute Gasteiger partial charge is 0.469 e. The summed E-state index contributed by atoms with van der Waals surface area (Å²) in [5, 5.41) is 15.2. The lowest BCUT2D eigenvalue weighted by molar-refractivity contribution is 0.0572. The van der Waals surface area contributed by atoms with Gasteiger partial charge in [-0.2, -0.15) is 0 Å². The van der Waals surface area contributed by atoms with Crippen LogP contribution in [0.2, 0.25) is 0 Å². The van der Waals surface area contributed by atoms with Gasteiger partial charge in [-0.25, -0.2) is 4.79 Å². The number of amides is 2. The van der Waals surface area contributed by atoms with Crippen LogP contribution in [-0.4, -0.2) is 29.8 Å². The van der Waals surface area contributed by atoms with Crippen molar-refractivity contribution < 1.29 is 14.3 Å². The second-order valence-corrected chi connectivity index (χ2v) is 3.97. The first-order chi connectivity index (χ1) is 7.53. The zero-order valence-electron chi connectivity index (χ0n) is 9.62. The fraction of sp³-hybridized carbons (Fsp3) is 0.545. The Hall–Kier alpha value is -1.49. The zero-order valence-corrected chi connectivity index (χ0v) is 9.62. The predicted octanol–water partition coefficient (Wildman–Crippen LogP) is 0.892. The van der Waals surface area contributed by atoms with E-state index in [-0.39, 0.29) is 12.6 Å². The first-order valence-corrected chi connectivity index (χ1v) is 5.30. The molecule has 16 heavy (non-hydrogen) atoms. The number of aliphatic hydroxyl groups is 1. The molecule has 1 unspecified atom stereocenters. The van der Waals surface area contributed by atoms with E-state index in [1.165, 1.54) is 0 Å². The van der Waals surface area contributed by atoms with E-state index in [0.29, 0.717) is 18.7 Å². The summed E-state index contributed by atoms with van der Waals surface area (Å²) in [6.45, 7) is 4.23. The molecular weight excluding hydrogens is 208 g/mol. The molecular formula is C11H18N2O3. The highest BCUT2D eigenvalue weighted by Crippen LogP contribution is 2.12. The zero-order chi connectivity index (χ0) is 12.0. The molecule has 1 atom stereocenters. The fourth-order valence-electron chi connectivity index (χ4n) is 1.34. The number of rotatable bonds is 5. The molecule has 5 nitrogen and oxygen atoms in total. The summed E-state index contributed by atoms with van der Waals surface area (Å²) in [5.74, 6) is 0.697. The molecule has 0 radical (unpaired) electrons. The fourth-order valence-corrected chi connectivity index (χ4v) is 1.34. The molecule has 1 aromatic heterocycles. The average molecular weight is 226 g/mol. The maximum Gasteiger partial charge on any atom is 0.314 e. The van der Waals surface area contributed by atoms with Crippen molar-refractivity contribution in [3.63, 3.8) is 0 Å². The number of urea groups is 1. The number of hydrogen-bond acceptors (Lipinski definition) is 3. The van der Waals surface area contributed by atoms with E-state index in [1.54, 1.807) is 25.3 Å². The normalized spacial score (nSPS) is 14.2. The molecule has 0 aromatic carbocycles. The minimum atomic E-state index is -1.01. The molecule has 0 aliphatic carbocycles. The van der Waals surface area contributed by atoms with Gasteiger partial charge in [0.05, 0.1) is 11.9 Å². The summed E-state index contributed by atoms with van der Waals surface area (Å²) in [6, 6.07) is 3.28. The summed E-state index contributed by atoms with van der Waals surface area (Å²) in [6.07, 6.45) is 1.93. The summed E-state index contributed by atoms with van der Waals surface area (Å²) >= 11 is 0. The van der Waals surface area contributed by atoms with Crippen LogP contribution in [0.15, 0.2) is 22.8 Å². The van der Waals surface area contributed by atoms with Crippen molar-refractivity contribution in [2.24, 2.45) is 0 Å². The van der Waals surface area contributed by atoms with Crippen molar-refractivity contribution in [2.45, 2.75) is 25.9 Å². The van der Waals surface area contributed by atoms with Crippen LogP contribution in [0.25, 0.3) is 0 Å². The Morgan fingerprint density at radius 3 is 2.88 bits per heavy atom. The van der Waals surface area contributed by atoms with Crippen molar-refractivity contribution in [3.8, 4) is 0 Å². The Morgan fingerprint density at radius 2 is 2.31 bits per heavy atom. The lowest BCUT2D eigenvalue weighted by Gasteiger charge is -2.22. The minimum Gasteiger partial charge on any atom is -0.469 e. The molecule has 0 saturated heterocycles. The lowest BCUT2D eigenvalue weighted by Crippen LogP contribution is -2.45. The molecule has 1 rings (SSSR count). The second kappa shape index (κ2) is 5.55. The first-order valence-electron chi connectivity index (χ1n) is 5.30. The maximum atomic E-state index is 11.1. The lowest BCUT2D eigenvalue weighted by atomic mass is 10.0. The van der Waals surface area contributed by atoms with Gasteiger partial charge in [0.1, 0.15) is 5.76 Å². The van der Waals surface area contributed by atoms with Gasteiger partial charge in [-0.1, -0.05) is 0 Å². The van der Waals surface area contributed by atoms with Crippen molar-refractivity contribution in [1.82, 2.24) is 10.6 Å². The Labute approximate surface area is 94.8 Å². The summed E-state index contributed by atoms with van der Waals surface area (Å²) in [4.78, 5) is 11.1. The molecule has 3 N–H and O–H groups in total. The van der Waals surface area contributed by atoms with Gasteiger partial charge in [0.25, 0.3) is 0 Å². The molecule has 0 spiro atoms. The van der Waals surface area contributed by atoms with Crippen molar-refractivity contribution >= 4 is 6.03 Å². The molecule has 0 saturated carbocycles. The summed E-state index contributed by atoms with van der Waals surface area (Å²) in [7, 11) is 0. The SMILES string of the molecule is CCNC(=O)NCC(C)(O)Cc1ccco1. The Bertz CT molecular complexity index is 320. The van der Waals surface area contributed by atoms with Crippen LogP contribution in [0.5, 0.6) is 0 Å². The smallest absolute Gasteiger partial charge is 0.314 e. The van der Waals surface area contributed by atoms with Crippen LogP contribution >= 0.6 is 0 Å². The molecule has 2 amide bonds. The molecule has 0 aliphatic rings. The van der Waals surface area contributed by atoms with E-state index in [1.807, 2.05) is 6.92 Å². The third-order valence-corrected chi connectivity index (χ3v) is 2.10. The van der Waals surface area contributed by atoms with Crippen molar-refractivity contribution in [3.05, 3.63) is 24.2 Å². The minimum absolute atomic E-state index is 0.180. The molecule has 5 heteroatoms. The highest BCUT2D eigenvalue weighted by molar-refractivity contribution is 5.73. The first kappa shape index (κ1) is 12.6. The van der Waals surface area contributed by atoms with Gasteiger partial charge < -0.3 is 20.2 Å². The van der Waals surface area contributed by atoms with Gasteiger partial charge in [-0.05, 0) is 26.0 Å². The molecule has 1 heterocycles. The predicted molar refractivity (Wildman–Crippen MR) is 60.1 cm³/mol. The second-order valence-electron chi connectivity index (χ2n) is 3.97. The maximum absolute atomic E-state index is 11.1. The van der Waals surface area contributed by atoms with Gasteiger partial charge in [-0.3, -0.25) is 0 Å². The van der Waals surface area contributed by atoms with Crippen LogP contribution in [0, 0.1) is 0 Å². The molecule has 0 aliphatic heterocycles. The monoisotopic (exact) mass is 226 g/mol. The van der Waals surface area contributed by atoms with Crippen LogP contribution in [0.4, 0.5) is 4.79 Å². The highest BCUT2D eigenvalue weighted by atomic mass is 16.3. The van der Waals surface area contributed by atoms with E-state index in [2.05, 4.69) is 10.6 Å². The van der Waals surface area contributed by atoms with Crippen LogP contribution in [0.1, 0.15) is 19.6 Å². The quantitative estimate of drug-likeness (QED) is 0.698. The topological polar surface area (TPSA) is 74.5 Å². The van der Waals surface area contributed by atoms with Gasteiger partial charge in [0, 0.05) is 19.5 Å². The third kappa shape index (κ3) is 4.35. The van der Waals surface area contributed by atoms with E-state index in [4.69, 9.17) is 4.42 Å².